The van der Waals surface area contributed by atoms with E-state index in [-0.39, 0.29) is 23.9 Å². The lowest BCUT2D eigenvalue weighted by Gasteiger charge is -2.19. The Bertz CT molecular complexity index is 990. The minimum Gasteiger partial charge on any atom is -0.492 e. The van der Waals surface area contributed by atoms with Crippen LogP contribution in [-0.2, 0) is 6.18 Å². The summed E-state index contributed by atoms with van der Waals surface area (Å²) in [7, 11) is 1.41. The van der Waals surface area contributed by atoms with Crippen LogP contribution in [-0.4, -0.2) is 40.8 Å². The number of halogens is 4. The van der Waals surface area contributed by atoms with E-state index in [0.717, 1.165) is 11.1 Å². The molecule has 0 aliphatic carbocycles. The molecule has 1 heterocycles. The summed E-state index contributed by atoms with van der Waals surface area (Å²) < 4.78 is 47.4. The monoisotopic (exact) mass is 423 g/mol. The molecule has 0 bridgehead atoms. The van der Waals surface area contributed by atoms with Crippen molar-refractivity contribution in [3.8, 4) is 11.4 Å². The second-order valence-electron chi connectivity index (χ2n) is 6.18. The van der Waals surface area contributed by atoms with Gasteiger partial charge >= 0.3 is 6.18 Å². The van der Waals surface area contributed by atoms with E-state index in [0.29, 0.717) is 10.4 Å². The third-order valence-corrected chi connectivity index (χ3v) is 4.34. The Kier molecular flexibility index (Phi) is 6.12. The van der Waals surface area contributed by atoms with Gasteiger partial charge in [0.1, 0.15) is 12.4 Å². The lowest BCUT2D eigenvalue weighted by molar-refractivity contribution is -0.143. The molecule has 1 amide bonds. The zero-order chi connectivity index (χ0) is 21.0. The van der Waals surface area contributed by atoms with Crippen LogP contribution in [0.3, 0.4) is 0 Å². The van der Waals surface area contributed by atoms with Gasteiger partial charge < -0.3 is 9.64 Å². The fourth-order valence-electron chi connectivity index (χ4n) is 2.71. The second-order valence-corrected chi connectivity index (χ2v) is 6.62. The number of carbonyl (C=O) groups excluding carboxylic acids is 1. The van der Waals surface area contributed by atoms with E-state index in [4.69, 9.17) is 16.3 Å². The van der Waals surface area contributed by atoms with E-state index in [1.807, 2.05) is 6.07 Å². The summed E-state index contributed by atoms with van der Waals surface area (Å²) in [4.78, 5) is 13.8. The summed E-state index contributed by atoms with van der Waals surface area (Å²) in [5.74, 6) is -0.194. The molecule has 0 spiro atoms. The maximum Gasteiger partial charge on any atom is 0.434 e. The number of amides is 1. The van der Waals surface area contributed by atoms with Crippen LogP contribution < -0.4 is 4.74 Å². The van der Waals surface area contributed by atoms with Gasteiger partial charge in [0.25, 0.3) is 5.91 Å². The van der Waals surface area contributed by atoms with Crippen molar-refractivity contribution in [2.24, 2.45) is 0 Å². The molecule has 3 aromatic rings. The average molecular weight is 424 g/mol. The number of alkyl halides is 3. The number of ether oxygens (including phenoxy) is 1. The summed E-state index contributed by atoms with van der Waals surface area (Å²) in [5, 5.41) is 4.04. The molecule has 152 valence electrons. The number of hydrogen-bond acceptors (Lipinski definition) is 3. The first-order chi connectivity index (χ1) is 13.8. The maximum absolute atomic E-state index is 13.7. The van der Waals surface area contributed by atoms with Gasteiger partial charge in [-0.1, -0.05) is 35.9 Å². The molecule has 0 N–H and O–H groups in total. The fourth-order valence-corrected chi connectivity index (χ4v) is 2.89. The zero-order valence-electron chi connectivity index (χ0n) is 15.4. The SMILES string of the molecule is CN(CCOc1ccccc1)C(=O)c1cnn(-c2cccc(Cl)c2)c1C(F)(F)F. The highest BCUT2D eigenvalue weighted by Crippen LogP contribution is 2.34. The van der Waals surface area contributed by atoms with E-state index in [1.54, 1.807) is 24.3 Å². The van der Waals surface area contributed by atoms with Crippen molar-refractivity contribution in [3.05, 3.63) is 77.1 Å². The number of benzene rings is 2. The summed E-state index contributed by atoms with van der Waals surface area (Å²) >= 11 is 5.88. The molecule has 9 heteroatoms. The van der Waals surface area contributed by atoms with E-state index < -0.39 is 23.3 Å². The zero-order valence-corrected chi connectivity index (χ0v) is 16.1. The molecular weight excluding hydrogens is 407 g/mol. The average Bonchev–Trinajstić information content (AvgIpc) is 3.14. The van der Waals surface area contributed by atoms with E-state index >= 15 is 0 Å². The highest BCUT2D eigenvalue weighted by Gasteiger charge is 2.41. The largest absolute Gasteiger partial charge is 0.492 e. The standard InChI is InChI=1S/C20H17ClF3N3O2/c1-26(10-11-29-16-8-3-2-4-9-16)19(28)17-13-25-27(18(17)20(22,23)24)15-7-5-6-14(21)12-15/h2-9,12-13H,10-11H2,1H3. The first-order valence-corrected chi connectivity index (χ1v) is 8.99. The maximum atomic E-state index is 13.7. The van der Waals surface area contributed by atoms with Crippen LogP contribution in [0.4, 0.5) is 13.2 Å². The molecule has 0 unspecified atom stereocenters. The minimum atomic E-state index is -4.79. The fraction of sp³-hybridized carbons (Fsp3) is 0.200. The number of nitrogens with zero attached hydrogens (tertiary/aromatic N) is 3. The van der Waals surface area contributed by atoms with E-state index in [1.165, 1.54) is 31.3 Å². The van der Waals surface area contributed by atoms with Gasteiger partial charge in [0.15, 0.2) is 5.69 Å². The lowest BCUT2D eigenvalue weighted by Crippen LogP contribution is -2.32. The predicted molar refractivity (Wildman–Crippen MR) is 102 cm³/mol. The van der Waals surface area contributed by atoms with Crippen LogP contribution in [0.5, 0.6) is 5.75 Å². The van der Waals surface area contributed by atoms with Crippen molar-refractivity contribution in [1.82, 2.24) is 14.7 Å². The Balaban J connectivity index is 1.81. The van der Waals surface area contributed by atoms with Crippen LogP contribution in [0.1, 0.15) is 16.1 Å². The van der Waals surface area contributed by atoms with Crippen molar-refractivity contribution in [2.75, 3.05) is 20.2 Å². The summed E-state index contributed by atoms with van der Waals surface area (Å²) in [6.45, 7) is 0.239. The molecule has 0 aliphatic heterocycles. The van der Waals surface area contributed by atoms with Crippen LogP contribution in [0.15, 0.2) is 60.8 Å². The van der Waals surface area contributed by atoms with Crippen molar-refractivity contribution in [1.29, 1.82) is 0 Å². The Morgan fingerprint density at radius 3 is 2.55 bits per heavy atom. The minimum absolute atomic E-state index is 0.105. The molecule has 0 aliphatic rings. The molecule has 0 fully saturated rings. The van der Waals surface area contributed by atoms with Crippen LogP contribution in [0.25, 0.3) is 5.69 Å². The van der Waals surface area contributed by atoms with Crippen molar-refractivity contribution < 1.29 is 22.7 Å². The lowest BCUT2D eigenvalue weighted by atomic mass is 10.2. The number of para-hydroxylation sites is 1. The van der Waals surface area contributed by atoms with Gasteiger partial charge in [0.2, 0.25) is 0 Å². The Labute approximate surface area is 170 Å². The molecule has 0 atom stereocenters. The second kappa shape index (κ2) is 8.57. The molecular formula is C20H17ClF3N3O2. The Morgan fingerprint density at radius 1 is 1.17 bits per heavy atom. The van der Waals surface area contributed by atoms with E-state index in [9.17, 15) is 18.0 Å². The molecule has 1 aromatic heterocycles. The van der Waals surface area contributed by atoms with Crippen molar-refractivity contribution >= 4 is 17.5 Å². The van der Waals surface area contributed by atoms with Gasteiger partial charge in [-0.3, -0.25) is 4.79 Å². The Morgan fingerprint density at radius 2 is 1.90 bits per heavy atom. The summed E-state index contributed by atoms with van der Waals surface area (Å²) in [6, 6.07) is 14.7. The van der Waals surface area contributed by atoms with Gasteiger partial charge in [0, 0.05) is 12.1 Å². The molecule has 2 aromatic carbocycles. The molecule has 0 radical (unpaired) electrons. The van der Waals surface area contributed by atoms with Crippen molar-refractivity contribution in [3.63, 3.8) is 0 Å². The molecule has 5 nitrogen and oxygen atoms in total. The highest BCUT2D eigenvalue weighted by atomic mass is 35.5. The third kappa shape index (κ3) is 4.89. The number of likely N-dealkylation sites (N-methyl/N-ethyl adjacent to an activating group) is 1. The number of carbonyl (C=O) groups is 1. The first kappa shape index (κ1) is 20.7. The highest BCUT2D eigenvalue weighted by molar-refractivity contribution is 6.30. The third-order valence-electron chi connectivity index (χ3n) is 4.11. The number of hydrogen-bond donors (Lipinski definition) is 0. The van der Waals surface area contributed by atoms with Gasteiger partial charge in [-0.05, 0) is 30.3 Å². The topological polar surface area (TPSA) is 47.4 Å². The van der Waals surface area contributed by atoms with Gasteiger partial charge in [0.05, 0.1) is 24.0 Å². The molecule has 3 rings (SSSR count). The van der Waals surface area contributed by atoms with E-state index in [2.05, 4.69) is 5.10 Å². The normalized spacial score (nSPS) is 11.3. The van der Waals surface area contributed by atoms with Crippen LogP contribution in [0.2, 0.25) is 5.02 Å². The number of aromatic nitrogens is 2. The first-order valence-electron chi connectivity index (χ1n) is 8.62. The molecule has 0 saturated carbocycles. The van der Waals surface area contributed by atoms with Crippen LogP contribution >= 0.6 is 11.6 Å². The molecule has 29 heavy (non-hydrogen) atoms. The smallest absolute Gasteiger partial charge is 0.434 e. The van der Waals surface area contributed by atoms with Crippen LogP contribution in [0, 0.1) is 0 Å². The number of rotatable bonds is 6. The molecule has 0 saturated heterocycles. The van der Waals surface area contributed by atoms with Crippen molar-refractivity contribution in [2.45, 2.75) is 6.18 Å². The van der Waals surface area contributed by atoms with Gasteiger partial charge in [-0.2, -0.15) is 18.3 Å². The Hall–Kier alpha value is -3.00. The van der Waals surface area contributed by atoms with Gasteiger partial charge in [-0.15, -0.1) is 0 Å². The quantitative estimate of drug-likeness (QED) is 0.577. The summed E-state index contributed by atoms with van der Waals surface area (Å²) in [6.07, 6.45) is -3.87. The summed E-state index contributed by atoms with van der Waals surface area (Å²) in [5.41, 5.74) is -1.58. The predicted octanol–water partition coefficient (Wildman–Crippen LogP) is 4.70. The van der Waals surface area contributed by atoms with Gasteiger partial charge in [-0.25, -0.2) is 4.68 Å².